The molecule has 1 nitrogen and oxygen atoms in total. The SMILES string of the molecule is CCC(c1ccc(Cl)cc1)c1ccnc(C(F)(F)F)c1. The maximum absolute atomic E-state index is 12.7. The zero-order valence-electron chi connectivity index (χ0n) is 10.8. The third-order valence-corrected chi connectivity index (χ3v) is 3.41. The number of halogens is 4. The zero-order valence-corrected chi connectivity index (χ0v) is 11.5. The van der Waals surface area contributed by atoms with E-state index in [0.717, 1.165) is 11.6 Å². The van der Waals surface area contributed by atoms with Gasteiger partial charge in [-0.3, -0.25) is 4.98 Å². The molecule has 5 heteroatoms. The quantitative estimate of drug-likeness (QED) is 0.750. The molecule has 1 unspecified atom stereocenters. The molecule has 0 spiro atoms. The first-order valence-electron chi connectivity index (χ1n) is 6.20. The second-order valence-corrected chi connectivity index (χ2v) is 4.92. The molecular weight excluding hydrogens is 287 g/mol. The average Bonchev–Trinajstić information content (AvgIpc) is 2.41. The lowest BCUT2D eigenvalue weighted by atomic mass is 9.89. The number of aromatic nitrogens is 1. The van der Waals surface area contributed by atoms with Gasteiger partial charge < -0.3 is 0 Å². The van der Waals surface area contributed by atoms with Crippen LogP contribution >= 0.6 is 11.6 Å². The minimum Gasteiger partial charge on any atom is -0.252 e. The summed E-state index contributed by atoms with van der Waals surface area (Å²) in [6.07, 6.45) is -2.52. The van der Waals surface area contributed by atoms with Crippen molar-refractivity contribution in [2.24, 2.45) is 0 Å². The molecule has 2 rings (SSSR count). The summed E-state index contributed by atoms with van der Waals surface area (Å²) < 4.78 is 38.1. The van der Waals surface area contributed by atoms with Gasteiger partial charge in [-0.2, -0.15) is 13.2 Å². The second kappa shape index (κ2) is 5.83. The van der Waals surface area contributed by atoms with Crippen LogP contribution in [0.4, 0.5) is 13.2 Å². The van der Waals surface area contributed by atoms with Crippen LogP contribution in [-0.4, -0.2) is 4.98 Å². The number of pyridine rings is 1. The van der Waals surface area contributed by atoms with Gasteiger partial charge in [0.25, 0.3) is 0 Å². The Balaban J connectivity index is 2.39. The molecule has 0 fully saturated rings. The molecule has 0 radical (unpaired) electrons. The van der Waals surface area contributed by atoms with Gasteiger partial charge in [0.2, 0.25) is 0 Å². The Labute approximate surface area is 120 Å². The van der Waals surface area contributed by atoms with E-state index < -0.39 is 11.9 Å². The molecule has 1 heterocycles. The Morgan fingerprint density at radius 1 is 1.10 bits per heavy atom. The monoisotopic (exact) mass is 299 g/mol. The van der Waals surface area contributed by atoms with Crippen molar-refractivity contribution in [2.45, 2.75) is 25.4 Å². The van der Waals surface area contributed by atoms with Crippen molar-refractivity contribution in [1.29, 1.82) is 0 Å². The lowest BCUT2D eigenvalue weighted by molar-refractivity contribution is -0.141. The molecule has 106 valence electrons. The third kappa shape index (κ3) is 3.31. The van der Waals surface area contributed by atoms with Gasteiger partial charge in [-0.25, -0.2) is 0 Å². The Bertz CT molecular complexity index is 578. The van der Waals surface area contributed by atoms with Gasteiger partial charge in [0, 0.05) is 17.1 Å². The van der Waals surface area contributed by atoms with E-state index in [1.807, 2.05) is 19.1 Å². The van der Waals surface area contributed by atoms with Gasteiger partial charge >= 0.3 is 6.18 Å². The van der Waals surface area contributed by atoms with E-state index in [4.69, 9.17) is 11.6 Å². The topological polar surface area (TPSA) is 12.9 Å². The highest BCUT2D eigenvalue weighted by Gasteiger charge is 2.33. The van der Waals surface area contributed by atoms with Crippen molar-refractivity contribution in [1.82, 2.24) is 4.98 Å². The molecule has 0 bridgehead atoms. The number of benzene rings is 1. The summed E-state index contributed by atoms with van der Waals surface area (Å²) in [6.45, 7) is 1.94. The standard InChI is InChI=1S/C15H13ClF3N/c1-2-13(10-3-5-12(16)6-4-10)11-7-8-20-14(9-11)15(17,18)19/h3-9,13H,2H2,1H3. The maximum Gasteiger partial charge on any atom is 0.433 e. The summed E-state index contributed by atoms with van der Waals surface area (Å²) in [4.78, 5) is 3.39. The summed E-state index contributed by atoms with van der Waals surface area (Å²) >= 11 is 5.83. The fourth-order valence-corrected chi connectivity index (χ4v) is 2.30. The summed E-state index contributed by atoms with van der Waals surface area (Å²) in [7, 11) is 0. The summed E-state index contributed by atoms with van der Waals surface area (Å²) in [5.74, 6) is -0.101. The Kier molecular flexibility index (Phi) is 4.33. The van der Waals surface area contributed by atoms with Crippen molar-refractivity contribution in [2.75, 3.05) is 0 Å². The fraction of sp³-hybridized carbons (Fsp3) is 0.267. The van der Waals surface area contributed by atoms with Crippen LogP contribution in [-0.2, 0) is 6.18 Å². The molecule has 1 aromatic heterocycles. The number of hydrogen-bond donors (Lipinski definition) is 0. The Hall–Kier alpha value is -1.55. The van der Waals surface area contributed by atoms with Crippen LogP contribution in [0.2, 0.25) is 5.02 Å². The summed E-state index contributed by atoms with van der Waals surface area (Å²) in [5.41, 5.74) is 0.691. The maximum atomic E-state index is 12.7. The molecule has 0 amide bonds. The molecule has 0 aliphatic carbocycles. The predicted octanol–water partition coefficient (Wildman–Crippen LogP) is 5.30. The molecule has 1 atom stereocenters. The molecule has 2 aromatic rings. The van der Waals surface area contributed by atoms with Gasteiger partial charge in [0.05, 0.1) is 0 Å². The van der Waals surface area contributed by atoms with E-state index in [2.05, 4.69) is 4.98 Å². The van der Waals surface area contributed by atoms with E-state index in [-0.39, 0.29) is 5.92 Å². The number of rotatable bonds is 3. The number of hydrogen-bond acceptors (Lipinski definition) is 1. The third-order valence-electron chi connectivity index (χ3n) is 3.16. The molecule has 0 aliphatic heterocycles. The fourth-order valence-electron chi connectivity index (χ4n) is 2.18. The van der Waals surface area contributed by atoms with E-state index in [9.17, 15) is 13.2 Å². The molecule has 0 aliphatic rings. The lowest BCUT2D eigenvalue weighted by Gasteiger charge is -2.17. The first kappa shape index (κ1) is 14.9. The van der Waals surface area contributed by atoms with Crippen LogP contribution in [0.1, 0.15) is 36.1 Å². The summed E-state index contributed by atoms with van der Waals surface area (Å²) in [6, 6.07) is 9.89. The average molecular weight is 300 g/mol. The van der Waals surface area contributed by atoms with Crippen molar-refractivity contribution >= 4 is 11.6 Å². The normalized spacial score (nSPS) is 13.2. The van der Waals surface area contributed by atoms with Crippen LogP contribution in [0.15, 0.2) is 42.6 Å². The Morgan fingerprint density at radius 3 is 2.30 bits per heavy atom. The van der Waals surface area contributed by atoms with Crippen molar-refractivity contribution in [3.63, 3.8) is 0 Å². The molecule has 1 aromatic carbocycles. The molecule has 20 heavy (non-hydrogen) atoms. The molecular formula is C15H13ClF3N. The van der Waals surface area contributed by atoms with Crippen molar-refractivity contribution in [3.8, 4) is 0 Å². The van der Waals surface area contributed by atoms with Crippen molar-refractivity contribution < 1.29 is 13.2 Å². The van der Waals surface area contributed by atoms with Gasteiger partial charge in [0.1, 0.15) is 5.69 Å². The highest BCUT2D eigenvalue weighted by molar-refractivity contribution is 6.30. The predicted molar refractivity (Wildman–Crippen MR) is 72.8 cm³/mol. The summed E-state index contributed by atoms with van der Waals surface area (Å²) in [5, 5.41) is 0.606. The highest BCUT2D eigenvalue weighted by atomic mass is 35.5. The van der Waals surface area contributed by atoms with Crippen molar-refractivity contribution in [3.05, 3.63) is 64.4 Å². The molecule has 0 N–H and O–H groups in total. The van der Waals surface area contributed by atoms with E-state index in [0.29, 0.717) is 17.0 Å². The van der Waals surface area contributed by atoms with Crippen LogP contribution in [0.5, 0.6) is 0 Å². The van der Waals surface area contributed by atoms with Crippen LogP contribution in [0.3, 0.4) is 0 Å². The second-order valence-electron chi connectivity index (χ2n) is 4.48. The van der Waals surface area contributed by atoms with Gasteiger partial charge in [-0.05, 0) is 41.8 Å². The molecule has 0 saturated heterocycles. The smallest absolute Gasteiger partial charge is 0.252 e. The number of alkyl halides is 3. The highest BCUT2D eigenvalue weighted by Crippen LogP contribution is 2.33. The van der Waals surface area contributed by atoms with Crippen LogP contribution in [0, 0.1) is 0 Å². The first-order chi connectivity index (χ1) is 9.41. The van der Waals surface area contributed by atoms with E-state index >= 15 is 0 Å². The van der Waals surface area contributed by atoms with E-state index in [1.165, 1.54) is 6.20 Å². The minimum absolute atomic E-state index is 0.101. The largest absolute Gasteiger partial charge is 0.433 e. The van der Waals surface area contributed by atoms with Crippen LogP contribution in [0.25, 0.3) is 0 Å². The van der Waals surface area contributed by atoms with Crippen LogP contribution < -0.4 is 0 Å². The Morgan fingerprint density at radius 2 is 1.75 bits per heavy atom. The van der Waals surface area contributed by atoms with Gasteiger partial charge in [-0.1, -0.05) is 30.7 Å². The molecule has 0 saturated carbocycles. The first-order valence-corrected chi connectivity index (χ1v) is 6.58. The van der Waals surface area contributed by atoms with Gasteiger partial charge in [-0.15, -0.1) is 0 Å². The van der Waals surface area contributed by atoms with E-state index in [1.54, 1.807) is 18.2 Å². The minimum atomic E-state index is -4.42. The van der Waals surface area contributed by atoms with Gasteiger partial charge in [0.15, 0.2) is 0 Å². The number of nitrogens with zero attached hydrogens (tertiary/aromatic N) is 1. The zero-order chi connectivity index (χ0) is 14.8. The lowest BCUT2D eigenvalue weighted by Crippen LogP contribution is -2.09.